The fourth-order valence-corrected chi connectivity index (χ4v) is 1.96. The van der Waals surface area contributed by atoms with Crippen molar-refractivity contribution in [3.05, 3.63) is 27.7 Å². The van der Waals surface area contributed by atoms with Gasteiger partial charge in [-0.3, -0.25) is 4.79 Å². The van der Waals surface area contributed by atoms with Gasteiger partial charge >= 0.3 is 0 Å². The number of rotatable bonds is 6. The molecular formula is C12H15BrClNO3. The Kier molecular flexibility index (Phi) is 6.46. The third-order valence-corrected chi connectivity index (χ3v) is 3.11. The lowest BCUT2D eigenvalue weighted by molar-refractivity contribution is -0.123. The van der Waals surface area contributed by atoms with Crippen LogP contribution in [0.3, 0.4) is 0 Å². The Morgan fingerprint density at radius 1 is 1.61 bits per heavy atom. The van der Waals surface area contributed by atoms with Gasteiger partial charge < -0.3 is 15.2 Å². The second-order valence-corrected chi connectivity index (χ2v) is 5.02. The van der Waals surface area contributed by atoms with Crippen molar-refractivity contribution >= 4 is 33.4 Å². The van der Waals surface area contributed by atoms with Gasteiger partial charge in [0.05, 0.1) is 10.6 Å². The molecule has 18 heavy (non-hydrogen) atoms. The number of hydrogen-bond donors (Lipinski definition) is 2. The highest BCUT2D eigenvalue weighted by atomic mass is 79.9. The topological polar surface area (TPSA) is 58.6 Å². The van der Waals surface area contributed by atoms with Crippen molar-refractivity contribution in [1.82, 2.24) is 5.32 Å². The van der Waals surface area contributed by atoms with Crippen LogP contribution in [0.1, 0.15) is 13.3 Å². The number of halogens is 2. The highest BCUT2D eigenvalue weighted by Crippen LogP contribution is 2.27. The largest absolute Gasteiger partial charge is 0.483 e. The molecule has 0 saturated carbocycles. The quantitative estimate of drug-likeness (QED) is 0.838. The Hall–Kier alpha value is -0.780. The molecule has 100 valence electrons. The van der Waals surface area contributed by atoms with E-state index in [1.165, 1.54) is 0 Å². The Balaban J connectivity index is 2.38. The van der Waals surface area contributed by atoms with Crippen LogP contribution in [0.25, 0.3) is 0 Å². The number of ether oxygens (including phenoxy) is 1. The van der Waals surface area contributed by atoms with E-state index in [9.17, 15) is 9.90 Å². The molecule has 0 aromatic heterocycles. The van der Waals surface area contributed by atoms with Gasteiger partial charge in [-0.1, -0.05) is 18.5 Å². The van der Waals surface area contributed by atoms with Gasteiger partial charge in [0.1, 0.15) is 5.75 Å². The summed E-state index contributed by atoms with van der Waals surface area (Å²) >= 11 is 9.08. The first-order chi connectivity index (χ1) is 8.52. The zero-order chi connectivity index (χ0) is 13.5. The van der Waals surface area contributed by atoms with Crippen LogP contribution in [0.2, 0.25) is 5.02 Å². The Labute approximate surface area is 119 Å². The Morgan fingerprint density at radius 2 is 2.33 bits per heavy atom. The summed E-state index contributed by atoms with van der Waals surface area (Å²) in [6, 6.07) is 5.05. The zero-order valence-corrected chi connectivity index (χ0v) is 12.3. The van der Waals surface area contributed by atoms with E-state index in [2.05, 4.69) is 21.2 Å². The summed E-state index contributed by atoms with van der Waals surface area (Å²) in [6.07, 6.45) is 0.0837. The molecule has 0 heterocycles. The number of benzene rings is 1. The molecule has 4 nitrogen and oxygen atoms in total. The molecule has 0 saturated heterocycles. The zero-order valence-electron chi connectivity index (χ0n) is 9.95. The predicted molar refractivity (Wildman–Crippen MR) is 74.0 cm³/mol. The van der Waals surface area contributed by atoms with E-state index in [-0.39, 0.29) is 19.1 Å². The average Bonchev–Trinajstić information content (AvgIpc) is 2.34. The van der Waals surface area contributed by atoms with Crippen molar-refractivity contribution in [2.24, 2.45) is 0 Å². The van der Waals surface area contributed by atoms with Gasteiger partial charge in [0.15, 0.2) is 6.61 Å². The van der Waals surface area contributed by atoms with E-state index in [4.69, 9.17) is 16.3 Å². The summed E-state index contributed by atoms with van der Waals surface area (Å²) < 4.78 is 6.01. The van der Waals surface area contributed by atoms with E-state index in [1.807, 2.05) is 6.92 Å². The smallest absolute Gasteiger partial charge is 0.258 e. The normalized spacial score (nSPS) is 12.0. The van der Waals surface area contributed by atoms with Gasteiger partial charge in [0.25, 0.3) is 5.91 Å². The van der Waals surface area contributed by atoms with Gasteiger partial charge in [-0.25, -0.2) is 0 Å². The SMILES string of the molecule is CCC(O)CNC(=O)COc1ccc(Cl)cc1Br. The monoisotopic (exact) mass is 335 g/mol. The number of carbonyl (C=O) groups is 1. The first-order valence-corrected chi connectivity index (χ1v) is 6.72. The molecule has 0 aliphatic rings. The lowest BCUT2D eigenvalue weighted by Crippen LogP contribution is -2.35. The third kappa shape index (κ3) is 5.25. The van der Waals surface area contributed by atoms with Crippen LogP contribution >= 0.6 is 27.5 Å². The summed E-state index contributed by atoms with van der Waals surface area (Å²) in [7, 11) is 0. The average molecular weight is 337 g/mol. The number of aliphatic hydroxyl groups excluding tert-OH is 1. The molecule has 1 atom stereocenters. The molecule has 6 heteroatoms. The van der Waals surface area contributed by atoms with Crippen molar-refractivity contribution < 1.29 is 14.6 Å². The lowest BCUT2D eigenvalue weighted by atomic mass is 10.3. The summed E-state index contributed by atoms with van der Waals surface area (Å²) in [5, 5.41) is 12.5. The maximum atomic E-state index is 11.4. The Morgan fingerprint density at radius 3 is 2.94 bits per heavy atom. The minimum absolute atomic E-state index is 0.101. The molecule has 1 unspecified atom stereocenters. The summed E-state index contributed by atoms with van der Waals surface area (Å²) in [5.74, 6) is 0.273. The summed E-state index contributed by atoms with van der Waals surface area (Å²) in [4.78, 5) is 11.4. The molecular weight excluding hydrogens is 321 g/mol. The number of aliphatic hydroxyl groups is 1. The van der Waals surface area contributed by atoms with Crippen LogP contribution in [0.4, 0.5) is 0 Å². The minimum Gasteiger partial charge on any atom is -0.483 e. The predicted octanol–water partition coefficient (Wildman–Crippen LogP) is 2.37. The molecule has 0 bridgehead atoms. The number of hydrogen-bond acceptors (Lipinski definition) is 3. The lowest BCUT2D eigenvalue weighted by Gasteiger charge is -2.11. The molecule has 1 rings (SSSR count). The third-order valence-electron chi connectivity index (χ3n) is 2.26. The van der Waals surface area contributed by atoms with Gasteiger partial charge in [-0.15, -0.1) is 0 Å². The van der Waals surface area contributed by atoms with Crippen molar-refractivity contribution in [1.29, 1.82) is 0 Å². The van der Waals surface area contributed by atoms with E-state index in [0.717, 1.165) is 0 Å². The molecule has 0 fully saturated rings. The molecule has 0 aliphatic carbocycles. The van der Waals surface area contributed by atoms with Crippen molar-refractivity contribution in [3.63, 3.8) is 0 Å². The van der Waals surface area contributed by atoms with E-state index < -0.39 is 6.10 Å². The van der Waals surface area contributed by atoms with E-state index in [0.29, 0.717) is 21.7 Å². The summed E-state index contributed by atoms with van der Waals surface area (Å²) in [5.41, 5.74) is 0. The molecule has 0 aliphatic heterocycles. The first-order valence-electron chi connectivity index (χ1n) is 5.55. The first kappa shape index (κ1) is 15.3. The minimum atomic E-state index is -0.517. The van der Waals surface area contributed by atoms with Crippen LogP contribution in [0.15, 0.2) is 22.7 Å². The van der Waals surface area contributed by atoms with Gasteiger partial charge in [-0.05, 0) is 40.5 Å². The van der Waals surface area contributed by atoms with Crippen LogP contribution in [0, 0.1) is 0 Å². The van der Waals surface area contributed by atoms with E-state index in [1.54, 1.807) is 18.2 Å². The van der Waals surface area contributed by atoms with Crippen LogP contribution < -0.4 is 10.1 Å². The standard InChI is InChI=1S/C12H15BrClNO3/c1-2-9(16)6-15-12(17)7-18-11-4-3-8(14)5-10(11)13/h3-5,9,16H,2,6-7H2,1H3,(H,15,17). The van der Waals surface area contributed by atoms with Crippen LogP contribution in [0.5, 0.6) is 5.75 Å². The number of nitrogens with one attached hydrogen (secondary N) is 1. The van der Waals surface area contributed by atoms with Crippen LogP contribution in [-0.2, 0) is 4.79 Å². The van der Waals surface area contributed by atoms with Gasteiger partial charge in [0.2, 0.25) is 0 Å². The van der Waals surface area contributed by atoms with Gasteiger partial charge in [-0.2, -0.15) is 0 Å². The molecule has 0 radical (unpaired) electrons. The maximum absolute atomic E-state index is 11.4. The van der Waals surface area contributed by atoms with Crippen LogP contribution in [-0.4, -0.2) is 30.3 Å². The second kappa shape index (κ2) is 7.61. The highest BCUT2D eigenvalue weighted by molar-refractivity contribution is 9.10. The number of carbonyl (C=O) groups excluding carboxylic acids is 1. The van der Waals surface area contributed by atoms with Crippen molar-refractivity contribution in [2.75, 3.05) is 13.2 Å². The fraction of sp³-hybridized carbons (Fsp3) is 0.417. The number of amides is 1. The molecule has 1 amide bonds. The Bertz CT molecular complexity index is 414. The van der Waals surface area contributed by atoms with Crippen molar-refractivity contribution in [3.8, 4) is 5.75 Å². The van der Waals surface area contributed by atoms with Gasteiger partial charge in [0, 0.05) is 11.6 Å². The second-order valence-electron chi connectivity index (χ2n) is 3.73. The van der Waals surface area contributed by atoms with Crippen molar-refractivity contribution in [2.45, 2.75) is 19.4 Å². The molecule has 0 spiro atoms. The molecule has 1 aromatic carbocycles. The molecule has 2 N–H and O–H groups in total. The molecule has 1 aromatic rings. The maximum Gasteiger partial charge on any atom is 0.258 e. The van der Waals surface area contributed by atoms with E-state index >= 15 is 0 Å². The fourth-order valence-electron chi connectivity index (χ4n) is 1.16. The highest BCUT2D eigenvalue weighted by Gasteiger charge is 2.07. The summed E-state index contributed by atoms with van der Waals surface area (Å²) in [6.45, 7) is 1.98.